The van der Waals surface area contributed by atoms with E-state index in [0.29, 0.717) is 25.1 Å². The number of nitrogen functional groups attached to an aromatic ring is 1. The number of amides is 2. The molecule has 6 nitrogen and oxygen atoms in total. The zero-order valence-corrected chi connectivity index (χ0v) is 11.7. The lowest BCUT2D eigenvalue weighted by Gasteiger charge is -2.24. The molecule has 6 N–H and O–H groups in total. The molecule has 1 heterocycles. The summed E-state index contributed by atoms with van der Waals surface area (Å²) >= 11 is 0. The maximum atomic E-state index is 11.3. The van der Waals surface area contributed by atoms with Gasteiger partial charge in [-0.05, 0) is 38.0 Å². The van der Waals surface area contributed by atoms with Crippen molar-refractivity contribution in [3.8, 4) is 0 Å². The van der Waals surface area contributed by atoms with E-state index in [0.717, 1.165) is 16.9 Å². The Labute approximate surface area is 117 Å². The van der Waals surface area contributed by atoms with Crippen LogP contribution < -0.4 is 22.1 Å². The fourth-order valence-electron chi connectivity index (χ4n) is 2.00. The summed E-state index contributed by atoms with van der Waals surface area (Å²) in [6, 6.07) is 3.66. The van der Waals surface area contributed by atoms with E-state index in [2.05, 4.69) is 10.6 Å². The molecule has 0 saturated heterocycles. The van der Waals surface area contributed by atoms with Crippen molar-refractivity contribution in [2.24, 2.45) is 11.1 Å². The summed E-state index contributed by atoms with van der Waals surface area (Å²) in [5, 5.41) is 5.96. The van der Waals surface area contributed by atoms with Crippen molar-refractivity contribution in [1.29, 1.82) is 0 Å². The summed E-state index contributed by atoms with van der Waals surface area (Å²) in [7, 11) is 0. The predicted octanol–water partition coefficient (Wildman–Crippen LogP) is 1.08. The Morgan fingerprint density at radius 2 is 2.10 bits per heavy atom. The standard InChI is InChI=1S/C14H20N4O2/c1-14(2,13(16)20)7-17-11-5-8-3-4-12(19)18-10(8)6-9(11)15/h5-6,17H,3-4,7,15H2,1-2H3,(H2,16,20)(H,18,19). The van der Waals surface area contributed by atoms with Crippen LogP contribution in [0.5, 0.6) is 0 Å². The normalized spacial score (nSPS) is 14.4. The number of anilines is 3. The summed E-state index contributed by atoms with van der Waals surface area (Å²) < 4.78 is 0. The number of carbonyl (C=O) groups excluding carboxylic acids is 2. The summed E-state index contributed by atoms with van der Waals surface area (Å²) in [5.74, 6) is -0.360. The molecule has 0 unspecified atom stereocenters. The third kappa shape index (κ3) is 2.84. The lowest BCUT2D eigenvalue weighted by Crippen LogP contribution is -2.37. The minimum Gasteiger partial charge on any atom is -0.397 e. The Balaban J connectivity index is 2.18. The molecule has 20 heavy (non-hydrogen) atoms. The van der Waals surface area contributed by atoms with E-state index in [1.54, 1.807) is 19.9 Å². The van der Waals surface area contributed by atoms with Crippen molar-refractivity contribution in [3.05, 3.63) is 17.7 Å². The number of benzene rings is 1. The Morgan fingerprint density at radius 3 is 2.75 bits per heavy atom. The SMILES string of the molecule is CC(C)(CNc1cc2c(cc1N)NC(=O)CC2)C(N)=O. The van der Waals surface area contributed by atoms with Gasteiger partial charge in [0.25, 0.3) is 0 Å². The molecule has 1 aliphatic heterocycles. The molecule has 0 bridgehead atoms. The van der Waals surface area contributed by atoms with Crippen LogP contribution in [0.3, 0.4) is 0 Å². The molecule has 6 heteroatoms. The van der Waals surface area contributed by atoms with Gasteiger partial charge in [-0.15, -0.1) is 0 Å². The van der Waals surface area contributed by atoms with Crippen molar-refractivity contribution < 1.29 is 9.59 Å². The number of carbonyl (C=O) groups is 2. The van der Waals surface area contributed by atoms with Gasteiger partial charge in [-0.25, -0.2) is 0 Å². The first-order chi connectivity index (χ1) is 9.29. The van der Waals surface area contributed by atoms with Gasteiger partial charge in [0.05, 0.1) is 16.8 Å². The number of nitrogens with two attached hydrogens (primary N) is 2. The molecule has 108 valence electrons. The van der Waals surface area contributed by atoms with Crippen LogP contribution in [0.1, 0.15) is 25.8 Å². The lowest BCUT2D eigenvalue weighted by atomic mass is 9.92. The van der Waals surface area contributed by atoms with Crippen LogP contribution in [0.25, 0.3) is 0 Å². The first kappa shape index (κ1) is 14.2. The number of hydrogen-bond donors (Lipinski definition) is 4. The van der Waals surface area contributed by atoms with Gasteiger partial charge in [0.15, 0.2) is 0 Å². The van der Waals surface area contributed by atoms with E-state index in [1.165, 1.54) is 0 Å². The number of rotatable bonds is 4. The van der Waals surface area contributed by atoms with Crippen LogP contribution >= 0.6 is 0 Å². The average Bonchev–Trinajstić information content (AvgIpc) is 2.36. The Hall–Kier alpha value is -2.24. The van der Waals surface area contributed by atoms with Gasteiger partial charge >= 0.3 is 0 Å². The fourth-order valence-corrected chi connectivity index (χ4v) is 2.00. The summed E-state index contributed by atoms with van der Waals surface area (Å²) in [5.41, 5.74) is 13.7. The number of nitrogens with one attached hydrogen (secondary N) is 2. The highest BCUT2D eigenvalue weighted by Gasteiger charge is 2.25. The van der Waals surface area contributed by atoms with Gasteiger partial charge in [-0.2, -0.15) is 0 Å². The van der Waals surface area contributed by atoms with E-state index in [4.69, 9.17) is 11.5 Å². The fraction of sp³-hybridized carbons (Fsp3) is 0.429. The molecule has 0 aliphatic carbocycles. The molecular formula is C14H20N4O2. The molecule has 1 aliphatic rings. The second-order valence-electron chi connectivity index (χ2n) is 5.75. The Morgan fingerprint density at radius 1 is 1.40 bits per heavy atom. The maximum Gasteiger partial charge on any atom is 0.224 e. The molecule has 0 atom stereocenters. The van der Waals surface area contributed by atoms with Gasteiger partial charge < -0.3 is 22.1 Å². The van der Waals surface area contributed by atoms with Crippen LogP contribution in [-0.2, 0) is 16.0 Å². The minimum absolute atomic E-state index is 0.00692. The van der Waals surface area contributed by atoms with E-state index in [-0.39, 0.29) is 11.8 Å². The van der Waals surface area contributed by atoms with Crippen molar-refractivity contribution in [1.82, 2.24) is 0 Å². The second-order valence-corrected chi connectivity index (χ2v) is 5.75. The topological polar surface area (TPSA) is 110 Å². The first-order valence-electron chi connectivity index (χ1n) is 6.55. The molecular weight excluding hydrogens is 256 g/mol. The Bertz CT molecular complexity index is 567. The van der Waals surface area contributed by atoms with Gasteiger partial charge in [0.2, 0.25) is 11.8 Å². The minimum atomic E-state index is -0.656. The van der Waals surface area contributed by atoms with Gasteiger partial charge in [0.1, 0.15) is 0 Å². The molecule has 1 aromatic rings. The maximum absolute atomic E-state index is 11.3. The third-order valence-electron chi connectivity index (χ3n) is 3.56. The zero-order chi connectivity index (χ0) is 14.9. The molecule has 0 spiro atoms. The molecule has 2 amide bonds. The van der Waals surface area contributed by atoms with Crippen molar-refractivity contribution >= 4 is 28.9 Å². The van der Waals surface area contributed by atoms with Crippen LogP contribution in [0, 0.1) is 5.41 Å². The molecule has 0 aromatic heterocycles. The quantitative estimate of drug-likeness (QED) is 0.617. The molecule has 0 radical (unpaired) electrons. The van der Waals surface area contributed by atoms with Crippen LogP contribution in [0.4, 0.5) is 17.1 Å². The van der Waals surface area contributed by atoms with Crippen LogP contribution in [-0.4, -0.2) is 18.4 Å². The highest BCUT2D eigenvalue weighted by atomic mass is 16.2. The summed E-state index contributed by atoms with van der Waals surface area (Å²) in [4.78, 5) is 22.6. The highest BCUT2D eigenvalue weighted by molar-refractivity contribution is 5.95. The molecule has 1 aromatic carbocycles. The number of primary amides is 1. The second kappa shape index (κ2) is 5.03. The van der Waals surface area contributed by atoms with Crippen molar-refractivity contribution in [3.63, 3.8) is 0 Å². The third-order valence-corrected chi connectivity index (χ3v) is 3.56. The van der Waals surface area contributed by atoms with E-state index in [1.807, 2.05) is 6.07 Å². The number of hydrogen-bond acceptors (Lipinski definition) is 4. The Kier molecular flexibility index (Phi) is 3.57. The summed E-state index contributed by atoms with van der Waals surface area (Å²) in [6.07, 6.45) is 1.17. The highest BCUT2D eigenvalue weighted by Crippen LogP contribution is 2.31. The zero-order valence-electron chi connectivity index (χ0n) is 11.7. The smallest absolute Gasteiger partial charge is 0.224 e. The van der Waals surface area contributed by atoms with E-state index >= 15 is 0 Å². The van der Waals surface area contributed by atoms with Gasteiger partial charge in [-0.1, -0.05) is 0 Å². The number of aryl methyl sites for hydroxylation is 1. The average molecular weight is 276 g/mol. The van der Waals surface area contributed by atoms with Crippen molar-refractivity contribution in [2.45, 2.75) is 26.7 Å². The molecule has 0 saturated carbocycles. The lowest BCUT2D eigenvalue weighted by molar-refractivity contribution is -0.125. The van der Waals surface area contributed by atoms with Crippen LogP contribution in [0.2, 0.25) is 0 Å². The monoisotopic (exact) mass is 276 g/mol. The summed E-state index contributed by atoms with van der Waals surface area (Å²) in [6.45, 7) is 3.95. The van der Waals surface area contributed by atoms with Crippen molar-refractivity contribution in [2.75, 3.05) is 22.9 Å². The molecule has 0 fully saturated rings. The largest absolute Gasteiger partial charge is 0.397 e. The van der Waals surface area contributed by atoms with Gasteiger partial charge in [0, 0.05) is 18.7 Å². The number of fused-ring (bicyclic) bond motifs is 1. The van der Waals surface area contributed by atoms with Gasteiger partial charge in [-0.3, -0.25) is 9.59 Å². The van der Waals surface area contributed by atoms with E-state index < -0.39 is 5.41 Å². The first-order valence-corrected chi connectivity index (χ1v) is 6.55. The van der Waals surface area contributed by atoms with Crippen LogP contribution in [0.15, 0.2) is 12.1 Å². The predicted molar refractivity (Wildman–Crippen MR) is 79.3 cm³/mol. The molecule has 2 rings (SSSR count). The van der Waals surface area contributed by atoms with E-state index in [9.17, 15) is 9.59 Å².